The number of nitrogens with zero attached hydrogens (tertiary/aromatic N) is 1. The number of amides is 2. The van der Waals surface area contributed by atoms with Crippen molar-refractivity contribution in [3.63, 3.8) is 0 Å². The first kappa shape index (κ1) is 12.2. The Kier molecular flexibility index (Phi) is 2.43. The van der Waals surface area contributed by atoms with Crippen molar-refractivity contribution >= 4 is 11.8 Å². The van der Waals surface area contributed by atoms with Crippen LogP contribution in [0.3, 0.4) is 0 Å². The zero-order valence-corrected chi connectivity index (χ0v) is 11.4. The molecule has 19 heavy (non-hydrogen) atoms. The first-order chi connectivity index (χ1) is 8.94. The molecular formula is C16H17NO2. The molecule has 2 aliphatic rings. The molecule has 0 bridgehead atoms. The lowest BCUT2D eigenvalue weighted by atomic mass is 9.77. The molecular weight excluding hydrogens is 238 g/mol. The average molecular weight is 255 g/mol. The van der Waals surface area contributed by atoms with Crippen LogP contribution in [-0.4, -0.2) is 16.7 Å². The molecule has 0 saturated heterocycles. The largest absolute Gasteiger partial charge is 0.269 e. The third kappa shape index (κ3) is 1.51. The number of imide groups is 1. The lowest BCUT2D eigenvalue weighted by Crippen LogP contribution is -2.40. The second kappa shape index (κ2) is 3.80. The zero-order valence-electron chi connectivity index (χ0n) is 11.4. The van der Waals surface area contributed by atoms with Gasteiger partial charge in [-0.2, -0.15) is 0 Å². The van der Waals surface area contributed by atoms with Crippen molar-refractivity contribution < 1.29 is 9.59 Å². The predicted molar refractivity (Wildman–Crippen MR) is 72.4 cm³/mol. The van der Waals surface area contributed by atoms with Gasteiger partial charge in [0.2, 0.25) is 0 Å². The third-order valence-corrected chi connectivity index (χ3v) is 4.68. The number of hydrogen-bond donors (Lipinski definition) is 0. The summed E-state index contributed by atoms with van der Waals surface area (Å²) in [6, 6.07) is 7.94. The molecule has 2 amide bonds. The minimum absolute atomic E-state index is 0.152. The van der Waals surface area contributed by atoms with Gasteiger partial charge in [0.25, 0.3) is 11.8 Å². The van der Waals surface area contributed by atoms with Crippen molar-refractivity contribution in [3.05, 3.63) is 47.5 Å². The van der Waals surface area contributed by atoms with E-state index in [9.17, 15) is 9.59 Å². The molecule has 2 atom stereocenters. The maximum absolute atomic E-state index is 12.0. The molecule has 1 aromatic carbocycles. The predicted octanol–water partition coefficient (Wildman–Crippen LogP) is 2.80. The van der Waals surface area contributed by atoms with E-state index in [0.29, 0.717) is 5.92 Å². The lowest BCUT2D eigenvalue weighted by Gasteiger charge is -2.36. The van der Waals surface area contributed by atoms with Gasteiger partial charge >= 0.3 is 0 Å². The van der Waals surface area contributed by atoms with Gasteiger partial charge in [0.05, 0.1) is 6.04 Å². The normalized spacial score (nSPS) is 28.1. The number of carbonyl (C=O) groups is 2. The number of carbonyl (C=O) groups excluding carboxylic acids is 2. The number of rotatable bonds is 1. The highest BCUT2D eigenvalue weighted by molar-refractivity contribution is 6.13. The monoisotopic (exact) mass is 255 g/mol. The van der Waals surface area contributed by atoms with Gasteiger partial charge in [-0.15, -0.1) is 0 Å². The Hall–Kier alpha value is -1.90. The average Bonchev–Trinajstić information content (AvgIpc) is 2.79. The fourth-order valence-corrected chi connectivity index (χ4v) is 3.33. The second-order valence-electron chi connectivity index (χ2n) is 5.95. The highest BCUT2D eigenvalue weighted by Gasteiger charge is 2.50. The van der Waals surface area contributed by atoms with Crippen LogP contribution in [0.4, 0.5) is 0 Å². The first-order valence-electron chi connectivity index (χ1n) is 6.58. The molecule has 1 heterocycles. The van der Waals surface area contributed by atoms with Crippen molar-refractivity contribution in [2.24, 2.45) is 5.41 Å². The van der Waals surface area contributed by atoms with Crippen LogP contribution in [0.5, 0.6) is 0 Å². The molecule has 3 rings (SSSR count). The Morgan fingerprint density at radius 2 is 1.53 bits per heavy atom. The van der Waals surface area contributed by atoms with Crippen LogP contribution < -0.4 is 0 Å². The Bertz CT molecular complexity index is 583. The molecule has 0 radical (unpaired) electrons. The van der Waals surface area contributed by atoms with Crippen molar-refractivity contribution in [3.8, 4) is 0 Å². The van der Waals surface area contributed by atoms with E-state index in [1.165, 1.54) is 22.6 Å². The molecule has 0 unspecified atom stereocenters. The maximum atomic E-state index is 12.0. The maximum Gasteiger partial charge on any atom is 0.254 e. The van der Waals surface area contributed by atoms with E-state index in [2.05, 4.69) is 26.8 Å². The lowest BCUT2D eigenvalue weighted by molar-refractivity contribution is -0.142. The minimum Gasteiger partial charge on any atom is -0.269 e. The minimum atomic E-state index is -0.202. The molecule has 1 aliphatic heterocycles. The van der Waals surface area contributed by atoms with Gasteiger partial charge in [-0.3, -0.25) is 14.5 Å². The smallest absolute Gasteiger partial charge is 0.254 e. The van der Waals surface area contributed by atoms with Gasteiger partial charge in [-0.25, -0.2) is 0 Å². The van der Waals surface area contributed by atoms with E-state index in [0.717, 1.165) is 5.56 Å². The van der Waals surface area contributed by atoms with Crippen LogP contribution in [0.2, 0.25) is 0 Å². The molecule has 0 spiro atoms. The summed E-state index contributed by atoms with van der Waals surface area (Å²) in [5.41, 5.74) is 2.19. The van der Waals surface area contributed by atoms with Gasteiger partial charge in [0.15, 0.2) is 0 Å². The second-order valence-corrected chi connectivity index (χ2v) is 5.95. The van der Waals surface area contributed by atoms with Crippen LogP contribution >= 0.6 is 0 Å². The Morgan fingerprint density at radius 1 is 1.00 bits per heavy atom. The molecule has 0 fully saturated rings. The van der Waals surface area contributed by atoms with Crippen LogP contribution in [-0.2, 0) is 9.59 Å². The summed E-state index contributed by atoms with van der Waals surface area (Å²) in [4.78, 5) is 25.4. The summed E-state index contributed by atoms with van der Waals surface area (Å²) in [5.74, 6) is -0.0890. The highest BCUT2D eigenvalue weighted by atomic mass is 16.2. The summed E-state index contributed by atoms with van der Waals surface area (Å²) in [6.45, 7) is 6.42. The first-order valence-corrected chi connectivity index (χ1v) is 6.58. The summed E-state index contributed by atoms with van der Waals surface area (Å²) in [5, 5.41) is 0. The molecule has 3 heteroatoms. The van der Waals surface area contributed by atoms with Crippen molar-refractivity contribution in [2.75, 3.05) is 0 Å². The summed E-state index contributed by atoms with van der Waals surface area (Å²) < 4.78 is 0. The van der Waals surface area contributed by atoms with Gasteiger partial charge in [0.1, 0.15) is 0 Å². The molecule has 3 nitrogen and oxygen atoms in total. The van der Waals surface area contributed by atoms with Gasteiger partial charge in [-0.1, -0.05) is 45.0 Å². The fraction of sp³-hybridized carbons (Fsp3) is 0.375. The fourth-order valence-electron chi connectivity index (χ4n) is 3.33. The number of hydrogen-bond acceptors (Lipinski definition) is 2. The van der Waals surface area contributed by atoms with Crippen molar-refractivity contribution in [1.82, 2.24) is 4.90 Å². The standard InChI is InChI=1S/C16H17NO2/c1-10-11-6-4-5-7-12(11)15(16(10,2)3)17-13(18)8-9-14(17)19/h4-10,15H,1-3H3/t10-,15+/m0/s1. The molecule has 0 N–H and O–H groups in total. The van der Waals surface area contributed by atoms with Crippen molar-refractivity contribution in [2.45, 2.75) is 32.7 Å². The number of benzene rings is 1. The van der Waals surface area contributed by atoms with E-state index in [1.807, 2.05) is 18.2 Å². The molecule has 1 aromatic rings. The summed E-state index contributed by atoms with van der Waals surface area (Å²) >= 11 is 0. The third-order valence-electron chi connectivity index (χ3n) is 4.68. The van der Waals surface area contributed by atoms with E-state index >= 15 is 0 Å². The van der Waals surface area contributed by atoms with E-state index in [-0.39, 0.29) is 23.3 Å². The van der Waals surface area contributed by atoms with Crippen LogP contribution in [0.1, 0.15) is 43.9 Å². The van der Waals surface area contributed by atoms with Crippen LogP contribution in [0.15, 0.2) is 36.4 Å². The molecule has 0 aromatic heterocycles. The molecule has 98 valence electrons. The van der Waals surface area contributed by atoms with Gasteiger partial charge < -0.3 is 0 Å². The Labute approximate surface area is 112 Å². The summed E-state index contributed by atoms with van der Waals surface area (Å²) in [6.07, 6.45) is 2.73. The van der Waals surface area contributed by atoms with Crippen LogP contribution in [0.25, 0.3) is 0 Å². The van der Waals surface area contributed by atoms with Crippen molar-refractivity contribution in [1.29, 1.82) is 0 Å². The van der Waals surface area contributed by atoms with Gasteiger partial charge in [-0.05, 0) is 22.5 Å². The quantitative estimate of drug-likeness (QED) is 0.724. The Balaban J connectivity index is 2.15. The molecule has 1 aliphatic carbocycles. The van der Waals surface area contributed by atoms with Gasteiger partial charge in [0, 0.05) is 12.2 Å². The van der Waals surface area contributed by atoms with E-state index in [1.54, 1.807) is 0 Å². The van der Waals surface area contributed by atoms with Crippen LogP contribution in [0, 0.1) is 5.41 Å². The Morgan fingerprint density at radius 3 is 2.11 bits per heavy atom. The summed E-state index contributed by atoms with van der Waals surface area (Å²) in [7, 11) is 0. The van der Waals surface area contributed by atoms with E-state index < -0.39 is 0 Å². The topological polar surface area (TPSA) is 37.4 Å². The highest BCUT2D eigenvalue weighted by Crippen LogP contribution is 2.56. The zero-order chi connectivity index (χ0) is 13.8. The molecule has 0 saturated carbocycles. The number of fused-ring (bicyclic) bond motifs is 1. The SMILES string of the molecule is C[C@H]1c2ccccc2[C@@H](N2C(=O)C=CC2=O)C1(C)C. The van der Waals surface area contributed by atoms with E-state index in [4.69, 9.17) is 0 Å².